The Labute approximate surface area is 142 Å². The first kappa shape index (κ1) is 15.0. The minimum absolute atomic E-state index is 0.232. The summed E-state index contributed by atoms with van der Waals surface area (Å²) in [4.78, 5) is 20.2. The zero-order valence-electron chi connectivity index (χ0n) is 13.7. The minimum Gasteiger partial charge on any atom is -0.364 e. The Morgan fingerprint density at radius 3 is 2.72 bits per heavy atom. The number of aromatic nitrogens is 6. The van der Waals surface area contributed by atoms with E-state index in [9.17, 15) is 4.79 Å². The van der Waals surface area contributed by atoms with Crippen molar-refractivity contribution in [2.24, 2.45) is 12.8 Å². The fourth-order valence-corrected chi connectivity index (χ4v) is 2.73. The van der Waals surface area contributed by atoms with Crippen molar-refractivity contribution in [3.05, 3.63) is 54.1 Å². The molecule has 8 heteroatoms. The number of amides is 1. The van der Waals surface area contributed by atoms with Crippen molar-refractivity contribution in [1.82, 2.24) is 29.4 Å². The molecule has 1 amide bonds. The van der Waals surface area contributed by atoms with E-state index in [2.05, 4.69) is 20.2 Å². The lowest BCUT2D eigenvalue weighted by molar-refractivity contribution is 0.0993. The van der Waals surface area contributed by atoms with Gasteiger partial charge >= 0.3 is 0 Å². The fourth-order valence-electron chi connectivity index (χ4n) is 2.73. The van der Waals surface area contributed by atoms with Crippen LogP contribution < -0.4 is 5.73 Å². The second-order valence-electron chi connectivity index (χ2n) is 5.73. The van der Waals surface area contributed by atoms with Crippen LogP contribution in [0.5, 0.6) is 0 Å². The van der Waals surface area contributed by atoms with Crippen LogP contribution in [0.1, 0.15) is 16.2 Å². The average Bonchev–Trinajstić information content (AvgIpc) is 3.17. The van der Waals surface area contributed by atoms with Gasteiger partial charge in [-0.25, -0.2) is 9.50 Å². The molecule has 0 saturated heterocycles. The molecule has 0 spiro atoms. The van der Waals surface area contributed by atoms with Crippen molar-refractivity contribution in [2.75, 3.05) is 0 Å². The molecule has 8 nitrogen and oxygen atoms in total. The highest BCUT2D eigenvalue weighted by molar-refractivity contribution is 5.91. The molecule has 0 bridgehead atoms. The molecule has 0 aliphatic carbocycles. The molecule has 4 aromatic rings. The van der Waals surface area contributed by atoms with E-state index in [1.54, 1.807) is 10.7 Å². The van der Waals surface area contributed by atoms with Gasteiger partial charge in [-0.2, -0.15) is 10.2 Å². The van der Waals surface area contributed by atoms with E-state index in [-0.39, 0.29) is 5.69 Å². The molecule has 25 heavy (non-hydrogen) atoms. The number of aryl methyl sites for hydroxylation is 2. The van der Waals surface area contributed by atoms with Gasteiger partial charge in [0.1, 0.15) is 11.4 Å². The number of carbonyl (C=O) groups is 1. The van der Waals surface area contributed by atoms with Crippen LogP contribution in [0.2, 0.25) is 0 Å². The summed E-state index contributed by atoms with van der Waals surface area (Å²) in [5, 5.41) is 9.04. The number of pyridine rings is 1. The van der Waals surface area contributed by atoms with E-state index in [0.29, 0.717) is 11.3 Å². The summed E-state index contributed by atoms with van der Waals surface area (Å²) >= 11 is 0. The maximum atomic E-state index is 11.5. The molecule has 0 aliphatic heterocycles. The lowest BCUT2D eigenvalue weighted by Gasteiger charge is -2.04. The predicted octanol–water partition coefficient (Wildman–Crippen LogP) is 1.60. The van der Waals surface area contributed by atoms with Gasteiger partial charge in [0.25, 0.3) is 5.91 Å². The van der Waals surface area contributed by atoms with Crippen LogP contribution in [-0.2, 0) is 7.05 Å². The van der Waals surface area contributed by atoms with E-state index in [4.69, 9.17) is 5.73 Å². The summed E-state index contributed by atoms with van der Waals surface area (Å²) in [5.74, 6) is -0.580. The number of nitrogens with two attached hydrogens (primary N) is 1. The highest BCUT2D eigenvalue weighted by Gasteiger charge is 2.17. The number of rotatable bonds is 3. The second kappa shape index (κ2) is 5.52. The maximum Gasteiger partial charge on any atom is 0.269 e. The third-order valence-corrected chi connectivity index (χ3v) is 3.85. The van der Waals surface area contributed by atoms with Crippen LogP contribution in [0.3, 0.4) is 0 Å². The number of hydrogen-bond donors (Lipinski definition) is 1. The van der Waals surface area contributed by atoms with Gasteiger partial charge in [-0.15, -0.1) is 0 Å². The smallest absolute Gasteiger partial charge is 0.269 e. The minimum atomic E-state index is -0.580. The summed E-state index contributed by atoms with van der Waals surface area (Å²) in [6, 6.07) is 9.40. The predicted molar refractivity (Wildman–Crippen MR) is 91.7 cm³/mol. The first-order valence-corrected chi connectivity index (χ1v) is 7.65. The van der Waals surface area contributed by atoms with E-state index in [0.717, 1.165) is 22.6 Å². The summed E-state index contributed by atoms with van der Waals surface area (Å²) in [6.07, 6.45) is 3.29. The van der Waals surface area contributed by atoms with Gasteiger partial charge in [-0.1, -0.05) is 6.07 Å². The van der Waals surface area contributed by atoms with Gasteiger partial charge in [0.2, 0.25) is 0 Å². The molecule has 4 heterocycles. The number of hydrogen-bond acceptors (Lipinski definition) is 5. The highest BCUT2D eigenvalue weighted by Crippen LogP contribution is 2.28. The summed E-state index contributed by atoms with van der Waals surface area (Å²) in [6.45, 7) is 1.93. The van der Waals surface area contributed by atoms with E-state index < -0.39 is 5.91 Å². The molecule has 0 radical (unpaired) electrons. The van der Waals surface area contributed by atoms with Crippen molar-refractivity contribution in [3.63, 3.8) is 0 Å². The summed E-state index contributed by atoms with van der Waals surface area (Å²) < 4.78 is 3.15. The van der Waals surface area contributed by atoms with Crippen molar-refractivity contribution in [3.8, 4) is 22.6 Å². The lowest BCUT2D eigenvalue weighted by atomic mass is 10.1. The van der Waals surface area contributed by atoms with Crippen molar-refractivity contribution >= 4 is 11.6 Å². The highest BCUT2D eigenvalue weighted by atomic mass is 16.1. The van der Waals surface area contributed by atoms with Crippen molar-refractivity contribution < 1.29 is 4.79 Å². The SMILES string of the molecule is Cc1cccc(-c2nn(C)cc2-c2ccc3ncc(C(N)=O)n3n2)n1. The van der Waals surface area contributed by atoms with Crippen molar-refractivity contribution in [2.45, 2.75) is 6.92 Å². The summed E-state index contributed by atoms with van der Waals surface area (Å²) in [7, 11) is 1.84. The Balaban J connectivity index is 1.92. The van der Waals surface area contributed by atoms with E-state index in [1.165, 1.54) is 10.7 Å². The molecule has 124 valence electrons. The zero-order chi connectivity index (χ0) is 17.6. The normalized spacial score (nSPS) is 11.1. The van der Waals surface area contributed by atoms with Crippen LogP contribution in [-0.4, -0.2) is 35.3 Å². The zero-order valence-corrected chi connectivity index (χ0v) is 13.7. The lowest BCUT2D eigenvalue weighted by Crippen LogP contribution is -2.14. The molecule has 0 saturated carbocycles. The van der Waals surface area contributed by atoms with Crippen LogP contribution >= 0.6 is 0 Å². The standard InChI is InChI=1S/C17H15N7O/c1-10-4-3-5-13(20-10)16-11(9-23(2)22-16)12-6-7-15-19-8-14(17(18)25)24(15)21-12/h3-9H,1-2H3,(H2,18,25). The molecule has 4 aromatic heterocycles. The summed E-state index contributed by atoms with van der Waals surface area (Å²) in [5.41, 5.74) is 10.0. The number of nitrogens with zero attached hydrogens (tertiary/aromatic N) is 6. The molecule has 0 fully saturated rings. The second-order valence-corrected chi connectivity index (χ2v) is 5.73. The molecule has 4 rings (SSSR count). The monoisotopic (exact) mass is 333 g/mol. The molecular formula is C17H15N7O. The Morgan fingerprint density at radius 2 is 1.96 bits per heavy atom. The largest absolute Gasteiger partial charge is 0.364 e. The van der Waals surface area contributed by atoms with Gasteiger partial charge < -0.3 is 5.73 Å². The first-order chi connectivity index (χ1) is 12.0. The molecule has 0 unspecified atom stereocenters. The number of fused-ring (bicyclic) bond motifs is 1. The Bertz CT molecular complexity index is 1110. The van der Waals surface area contributed by atoms with Gasteiger partial charge in [-0.05, 0) is 31.2 Å². The van der Waals surface area contributed by atoms with Gasteiger partial charge in [0.15, 0.2) is 5.65 Å². The Hall–Kier alpha value is -3.55. The van der Waals surface area contributed by atoms with Crippen LogP contribution in [0.25, 0.3) is 28.3 Å². The van der Waals surface area contributed by atoms with Crippen LogP contribution in [0.15, 0.2) is 42.7 Å². The Morgan fingerprint density at radius 1 is 1.12 bits per heavy atom. The topological polar surface area (TPSA) is 104 Å². The van der Waals surface area contributed by atoms with Gasteiger partial charge in [0.05, 0.1) is 17.6 Å². The number of carbonyl (C=O) groups excluding carboxylic acids is 1. The molecule has 2 N–H and O–H groups in total. The average molecular weight is 333 g/mol. The van der Waals surface area contributed by atoms with Gasteiger partial charge in [-0.3, -0.25) is 14.5 Å². The number of imidazole rings is 1. The molecular weight excluding hydrogens is 318 g/mol. The van der Waals surface area contributed by atoms with Gasteiger partial charge in [0, 0.05) is 24.5 Å². The maximum absolute atomic E-state index is 11.5. The third kappa shape index (κ3) is 2.53. The molecule has 0 atom stereocenters. The fraction of sp³-hybridized carbons (Fsp3) is 0.118. The Kier molecular flexibility index (Phi) is 3.31. The van der Waals surface area contributed by atoms with Crippen molar-refractivity contribution in [1.29, 1.82) is 0 Å². The van der Waals surface area contributed by atoms with Crippen LogP contribution in [0, 0.1) is 6.92 Å². The first-order valence-electron chi connectivity index (χ1n) is 7.65. The molecule has 0 aromatic carbocycles. The van der Waals surface area contributed by atoms with E-state index >= 15 is 0 Å². The van der Waals surface area contributed by atoms with E-state index in [1.807, 2.05) is 44.4 Å². The number of primary amides is 1. The molecule has 0 aliphatic rings. The van der Waals surface area contributed by atoms with Crippen LogP contribution in [0.4, 0.5) is 0 Å². The third-order valence-electron chi connectivity index (χ3n) is 3.85. The quantitative estimate of drug-likeness (QED) is 0.613.